The lowest BCUT2D eigenvalue weighted by Gasteiger charge is -2.10. The number of methoxy groups -OCH3 is 1. The van der Waals surface area contributed by atoms with Crippen molar-refractivity contribution in [1.29, 1.82) is 0 Å². The Hall–Kier alpha value is -2.15. The van der Waals surface area contributed by atoms with E-state index in [4.69, 9.17) is 9.47 Å². The van der Waals surface area contributed by atoms with Gasteiger partial charge in [0, 0.05) is 6.42 Å². The molecule has 6 nitrogen and oxygen atoms in total. The Kier molecular flexibility index (Phi) is 5.51. The number of hydrogen-bond donors (Lipinski definition) is 1. The minimum atomic E-state index is -0.0837. The number of aryl methyl sites for hydroxylation is 1. The van der Waals surface area contributed by atoms with Crippen molar-refractivity contribution in [3.63, 3.8) is 0 Å². The number of carbonyl (C=O) groups excluding carboxylic acids is 1. The van der Waals surface area contributed by atoms with Crippen molar-refractivity contribution in [1.82, 2.24) is 10.2 Å². The van der Waals surface area contributed by atoms with Gasteiger partial charge in [0.15, 0.2) is 11.5 Å². The molecule has 0 aliphatic carbocycles. The van der Waals surface area contributed by atoms with Crippen molar-refractivity contribution < 1.29 is 14.3 Å². The molecule has 2 aromatic rings. The van der Waals surface area contributed by atoms with E-state index in [9.17, 15) is 4.79 Å². The third-order valence-corrected chi connectivity index (χ3v) is 3.38. The molecule has 1 N–H and O–H groups in total. The second-order valence-electron chi connectivity index (χ2n) is 4.21. The van der Waals surface area contributed by atoms with E-state index in [1.54, 1.807) is 12.6 Å². The maximum atomic E-state index is 11.8. The molecule has 0 fully saturated rings. The number of amides is 1. The lowest BCUT2D eigenvalue weighted by atomic mass is 10.1. The molecule has 1 heterocycles. The van der Waals surface area contributed by atoms with Gasteiger partial charge in [-0.25, -0.2) is 0 Å². The first-order valence-electron chi connectivity index (χ1n) is 6.58. The molecule has 0 saturated heterocycles. The van der Waals surface area contributed by atoms with Gasteiger partial charge in [-0.15, -0.1) is 10.2 Å². The first-order chi connectivity index (χ1) is 10.2. The molecule has 21 heavy (non-hydrogen) atoms. The van der Waals surface area contributed by atoms with Gasteiger partial charge in [0.05, 0.1) is 13.7 Å². The molecule has 0 atom stereocenters. The largest absolute Gasteiger partial charge is 0.493 e. The van der Waals surface area contributed by atoms with Crippen molar-refractivity contribution in [2.45, 2.75) is 19.8 Å². The van der Waals surface area contributed by atoms with Crippen molar-refractivity contribution in [3.8, 4) is 11.5 Å². The van der Waals surface area contributed by atoms with Crippen LogP contribution >= 0.6 is 11.3 Å². The third kappa shape index (κ3) is 4.42. The zero-order chi connectivity index (χ0) is 15.1. The average molecular weight is 307 g/mol. The number of carbonyl (C=O) groups is 1. The number of nitrogens with one attached hydrogen (secondary N) is 1. The van der Waals surface area contributed by atoms with Crippen molar-refractivity contribution in [3.05, 3.63) is 29.3 Å². The van der Waals surface area contributed by atoms with Crippen molar-refractivity contribution in [2.24, 2.45) is 0 Å². The minimum absolute atomic E-state index is 0.0837. The Morgan fingerprint density at radius 1 is 1.38 bits per heavy atom. The molecule has 1 aromatic carbocycles. The van der Waals surface area contributed by atoms with E-state index in [2.05, 4.69) is 15.5 Å². The molecular formula is C14H17N3O3S. The standard InChI is InChI=1S/C14H17N3O3S/c1-3-20-11-6-4-10(8-12(11)19-2)5-7-13(18)16-14-17-15-9-21-14/h4,6,8-9H,3,5,7H2,1-2H3,(H,16,17,18). The minimum Gasteiger partial charge on any atom is -0.493 e. The molecule has 0 aliphatic heterocycles. The summed E-state index contributed by atoms with van der Waals surface area (Å²) in [6.45, 7) is 2.51. The highest BCUT2D eigenvalue weighted by molar-refractivity contribution is 7.13. The Morgan fingerprint density at radius 3 is 2.90 bits per heavy atom. The van der Waals surface area contributed by atoms with E-state index in [1.807, 2.05) is 25.1 Å². The van der Waals surface area contributed by atoms with Crippen LogP contribution in [0.2, 0.25) is 0 Å². The van der Waals surface area contributed by atoms with Gasteiger partial charge in [0.2, 0.25) is 11.0 Å². The predicted octanol–water partition coefficient (Wildman–Crippen LogP) is 2.52. The van der Waals surface area contributed by atoms with E-state index in [1.165, 1.54) is 11.3 Å². The molecule has 0 bridgehead atoms. The first-order valence-corrected chi connectivity index (χ1v) is 7.46. The van der Waals surface area contributed by atoms with Gasteiger partial charge >= 0.3 is 0 Å². The fraction of sp³-hybridized carbons (Fsp3) is 0.357. The topological polar surface area (TPSA) is 73.3 Å². The van der Waals surface area contributed by atoms with Crippen LogP contribution in [0.5, 0.6) is 11.5 Å². The van der Waals surface area contributed by atoms with Crippen LogP contribution in [0, 0.1) is 0 Å². The number of benzene rings is 1. The number of anilines is 1. The SMILES string of the molecule is CCOc1ccc(CCC(=O)Nc2nncs2)cc1OC. The maximum absolute atomic E-state index is 11.8. The molecule has 0 radical (unpaired) electrons. The van der Waals surface area contributed by atoms with Crippen molar-refractivity contribution in [2.75, 3.05) is 19.0 Å². The van der Waals surface area contributed by atoms with Crippen LogP contribution in [-0.2, 0) is 11.2 Å². The highest BCUT2D eigenvalue weighted by atomic mass is 32.1. The quantitative estimate of drug-likeness (QED) is 0.851. The van der Waals surface area contributed by atoms with Gasteiger partial charge in [0.1, 0.15) is 5.51 Å². The Bertz CT molecular complexity index is 587. The maximum Gasteiger partial charge on any atom is 0.226 e. The molecule has 7 heteroatoms. The van der Waals surface area contributed by atoms with Gasteiger partial charge in [-0.2, -0.15) is 0 Å². The Labute approximate surface area is 127 Å². The molecule has 0 unspecified atom stereocenters. The van der Waals surface area contributed by atoms with E-state index in [-0.39, 0.29) is 5.91 Å². The van der Waals surface area contributed by atoms with E-state index < -0.39 is 0 Å². The number of nitrogens with zero attached hydrogens (tertiary/aromatic N) is 2. The Morgan fingerprint density at radius 2 is 2.24 bits per heavy atom. The van der Waals surface area contributed by atoms with Gasteiger partial charge in [0.25, 0.3) is 0 Å². The zero-order valence-electron chi connectivity index (χ0n) is 12.0. The molecule has 1 amide bonds. The van der Waals surface area contributed by atoms with Crippen molar-refractivity contribution >= 4 is 22.4 Å². The first kappa shape index (κ1) is 15.2. The average Bonchev–Trinajstić information content (AvgIpc) is 2.99. The number of ether oxygens (including phenoxy) is 2. The lowest BCUT2D eigenvalue weighted by Crippen LogP contribution is -2.12. The predicted molar refractivity (Wildman–Crippen MR) is 81.0 cm³/mol. The number of aromatic nitrogens is 2. The molecule has 0 spiro atoms. The highest BCUT2D eigenvalue weighted by Crippen LogP contribution is 2.28. The number of rotatable bonds is 7. The summed E-state index contributed by atoms with van der Waals surface area (Å²) in [5, 5.41) is 10.7. The third-order valence-electron chi connectivity index (χ3n) is 2.78. The van der Waals surface area contributed by atoms with Crippen LogP contribution in [0.4, 0.5) is 5.13 Å². The van der Waals surface area contributed by atoms with Gasteiger partial charge < -0.3 is 14.8 Å². The van der Waals surface area contributed by atoms with Gasteiger partial charge in [-0.3, -0.25) is 4.79 Å². The van der Waals surface area contributed by atoms with Crippen LogP contribution < -0.4 is 14.8 Å². The summed E-state index contributed by atoms with van der Waals surface area (Å²) < 4.78 is 10.7. The van der Waals surface area contributed by atoms with Crippen LogP contribution in [0.25, 0.3) is 0 Å². The second-order valence-corrected chi connectivity index (χ2v) is 5.04. The summed E-state index contributed by atoms with van der Waals surface area (Å²) in [4.78, 5) is 11.8. The molecule has 0 aliphatic rings. The second kappa shape index (κ2) is 7.58. The van der Waals surface area contributed by atoms with Gasteiger partial charge in [-0.05, 0) is 31.0 Å². The fourth-order valence-corrected chi connectivity index (χ4v) is 2.27. The van der Waals surface area contributed by atoms with E-state index >= 15 is 0 Å². The molecule has 112 valence electrons. The molecule has 2 rings (SSSR count). The molecular weight excluding hydrogens is 290 g/mol. The van der Waals surface area contributed by atoms with E-state index in [0.29, 0.717) is 36.1 Å². The van der Waals surface area contributed by atoms with Crippen LogP contribution in [-0.4, -0.2) is 29.8 Å². The highest BCUT2D eigenvalue weighted by Gasteiger charge is 2.08. The lowest BCUT2D eigenvalue weighted by molar-refractivity contribution is -0.116. The number of hydrogen-bond acceptors (Lipinski definition) is 6. The normalized spacial score (nSPS) is 10.2. The zero-order valence-corrected chi connectivity index (χ0v) is 12.8. The summed E-state index contributed by atoms with van der Waals surface area (Å²) in [5.41, 5.74) is 2.59. The fourth-order valence-electron chi connectivity index (χ4n) is 1.81. The van der Waals surface area contributed by atoms with E-state index in [0.717, 1.165) is 5.56 Å². The monoisotopic (exact) mass is 307 g/mol. The summed E-state index contributed by atoms with van der Waals surface area (Å²) >= 11 is 1.30. The summed E-state index contributed by atoms with van der Waals surface area (Å²) in [6, 6.07) is 5.69. The molecule has 1 aromatic heterocycles. The molecule has 0 saturated carbocycles. The van der Waals surface area contributed by atoms with Crippen LogP contribution in [0.1, 0.15) is 18.9 Å². The van der Waals surface area contributed by atoms with Crippen LogP contribution in [0.15, 0.2) is 23.7 Å². The Balaban J connectivity index is 1.92. The summed E-state index contributed by atoms with van der Waals surface area (Å²) in [6.07, 6.45) is 0.990. The van der Waals surface area contributed by atoms with Crippen LogP contribution in [0.3, 0.4) is 0 Å². The smallest absolute Gasteiger partial charge is 0.226 e. The van der Waals surface area contributed by atoms with Gasteiger partial charge in [-0.1, -0.05) is 17.4 Å². The summed E-state index contributed by atoms with van der Waals surface area (Å²) in [5.74, 6) is 1.31. The summed E-state index contributed by atoms with van der Waals surface area (Å²) in [7, 11) is 1.60.